The van der Waals surface area contributed by atoms with Gasteiger partial charge in [0, 0.05) is 37.7 Å². The molecule has 0 saturated carbocycles. The maximum atomic E-state index is 8.98. The summed E-state index contributed by atoms with van der Waals surface area (Å²) >= 11 is 8.80. The zero-order chi connectivity index (χ0) is 3.58. The molecule has 32 valence electrons. The quantitative estimate of drug-likeness (QED) is 0.465. The van der Waals surface area contributed by atoms with E-state index in [4.69, 9.17) is 4.79 Å². The summed E-state index contributed by atoms with van der Waals surface area (Å²) in [5.74, 6) is 0. The molecule has 0 bridgehead atoms. The van der Waals surface area contributed by atoms with Crippen LogP contribution in [-0.2, 0) is 0 Å². The van der Waals surface area contributed by atoms with Crippen molar-refractivity contribution in [1.29, 1.82) is 0 Å². The third-order valence-electron chi connectivity index (χ3n) is 0. The second-order valence-corrected chi connectivity index (χ2v) is 1.11. The van der Waals surface area contributed by atoms with E-state index in [9.17, 15) is 0 Å². The second-order valence-electron chi connectivity index (χ2n) is 0.226. The zero-order valence-corrected chi connectivity index (χ0v) is 4.24. The van der Waals surface area contributed by atoms with Crippen LogP contribution in [0.3, 0.4) is 0 Å². The summed E-state index contributed by atoms with van der Waals surface area (Å²) in [7, 11) is 0. The molecule has 0 aliphatic carbocycles. The third kappa shape index (κ3) is 29.8. The number of rotatable bonds is 0. The molecule has 0 amide bonds. The molecule has 1 nitrogen and oxygen atoms in total. The van der Waals surface area contributed by atoms with E-state index in [-0.39, 0.29) is 37.7 Å². The Balaban J connectivity index is 0. The summed E-state index contributed by atoms with van der Waals surface area (Å²) < 4.78 is -0.889. The zero-order valence-electron chi connectivity index (χ0n) is 2.02. The Morgan fingerprint density at radius 2 is 1.40 bits per heavy atom. The first-order chi connectivity index (χ1) is 1.73. The van der Waals surface area contributed by atoms with E-state index in [2.05, 4.69) is 23.2 Å². The summed E-state index contributed by atoms with van der Waals surface area (Å²) in [5.41, 5.74) is 0. The number of hydrogen-bond donors (Lipinski definition) is 0. The van der Waals surface area contributed by atoms with Crippen molar-refractivity contribution in [3.05, 3.63) is 0 Å². The monoisotopic (exact) mass is 138 g/mol. The van der Waals surface area contributed by atoms with Gasteiger partial charge in [-0.15, -0.1) is 0 Å². The van der Waals surface area contributed by atoms with Gasteiger partial charge in [-0.1, -0.05) is 0 Å². The van der Waals surface area contributed by atoms with Crippen LogP contribution >= 0.6 is 23.2 Å². The fourth-order valence-electron chi connectivity index (χ4n) is 0. The maximum Gasteiger partial charge on any atom is 0.313 e. The Morgan fingerprint density at radius 3 is 1.40 bits per heavy atom. The minimum Gasteiger partial charge on any atom is -0.262 e. The average molecular weight is 139 g/mol. The Kier molecular flexibility index (Phi) is 10.7. The first-order valence-corrected chi connectivity index (χ1v) is 1.34. The van der Waals surface area contributed by atoms with Crippen molar-refractivity contribution >= 4 is 27.9 Å². The van der Waals surface area contributed by atoms with E-state index in [1.807, 2.05) is 0 Å². The topological polar surface area (TPSA) is 17.1 Å². The van der Waals surface area contributed by atoms with Gasteiger partial charge in [-0.05, 0) is 23.2 Å². The number of carbonyl (C=O) groups excluding carboxylic acids is 1. The van der Waals surface area contributed by atoms with Crippen LogP contribution < -0.4 is 0 Å². The van der Waals surface area contributed by atoms with Gasteiger partial charge in [0.1, 0.15) is 0 Å². The van der Waals surface area contributed by atoms with Crippen molar-refractivity contribution in [2.24, 2.45) is 0 Å². The van der Waals surface area contributed by atoms with Crippen molar-refractivity contribution < 1.29 is 42.5 Å². The molecule has 0 heterocycles. The fraction of sp³-hybridized carbons (Fsp3) is 0. The standard InChI is InChI=1S/CCl2O.Ar/c2-1(3)4;. The molecule has 0 N–H and O–H groups in total. The van der Waals surface area contributed by atoms with E-state index in [1.54, 1.807) is 0 Å². The van der Waals surface area contributed by atoms with Crippen LogP contribution in [-0.4, -0.2) is 4.70 Å². The van der Waals surface area contributed by atoms with Crippen molar-refractivity contribution in [1.82, 2.24) is 0 Å². The van der Waals surface area contributed by atoms with Gasteiger partial charge < -0.3 is 0 Å². The van der Waals surface area contributed by atoms with Crippen molar-refractivity contribution in [3.63, 3.8) is 0 Å². The first kappa shape index (κ1) is 9.72. The molecule has 0 rings (SSSR count). The van der Waals surface area contributed by atoms with E-state index in [1.165, 1.54) is 0 Å². The molecule has 0 unspecified atom stereocenters. The third-order valence-corrected chi connectivity index (χ3v) is 0. The predicted molar refractivity (Wildman–Crippen MR) is 17.1 cm³/mol. The number of hydrogen-bond acceptors (Lipinski definition) is 1. The number of carbonyl (C=O) groups is 1. The maximum absolute atomic E-state index is 8.98. The van der Waals surface area contributed by atoms with Gasteiger partial charge >= 0.3 is 4.70 Å². The molecule has 0 saturated heterocycles. The summed E-state index contributed by atoms with van der Waals surface area (Å²) in [4.78, 5) is 8.98. The summed E-state index contributed by atoms with van der Waals surface area (Å²) in [6.07, 6.45) is 0. The fourth-order valence-corrected chi connectivity index (χ4v) is 0. The van der Waals surface area contributed by atoms with Gasteiger partial charge in [0.05, 0.1) is 0 Å². The normalized spacial score (nSPS) is 5.20. The average Bonchev–Trinajstić information content (AvgIpc) is 0.811. The molecule has 5 heavy (non-hydrogen) atoms. The van der Waals surface area contributed by atoms with Gasteiger partial charge in [0.15, 0.2) is 0 Å². The van der Waals surface area contributed by atoms with Crippen LogP contribution in [0.2, 0.25) is 0 Å². The molecule has 0 spiro atoms. The Labute approximate surface area is 69.6 Å². The smallest absolute Gasteiger partial charge is 0.262 e. The predicted octanol–water partition coefficient (Wildman–Crippen LogP) is 1.58. The molecule has 0 fully saturated rings. The van der Waals surface area contributed by atoms with Gasteiger partial charge in [-0.2, -0.15) is 0 Å². The molecule has 0 aromatic heterocycles. The van der Waals surface area contributed by atoms with E-state index in [0.717, 1.165) is 0 Å². The van der Waals surface area contributed by atoms with Crippen LogP contribution in [0.4, 0.5) is 4.79 Å². The van der Waals surface area contributed by atoms with Gasteiger partial charge in [-0.25, -0.2) is 0 Å². The Bertz CT molecular complexity index is 32.6. The molecule has 0 aromatic rings. The minimum atomic E-state index is -0.889. The second kappa shape index (κ2) is 5.51. The van der Waals surface area contributed by atoms with Crippen LogP contribution in [0, 0.1) is 37.7 Å². The molecule has 0 aliphatic heterocycles. The molecule has 0 aromatic carbocycles. The summed E-state index contributed by atoms with van der Waals surface area (Å²) in [6, 6.07) is 0. The van der Waals surface area contributed by atoms with Crippen LogP contribution in [0.5, 0.6) is 0 Å². The molecular formula is CArCl2O. The Morgan fingerprint density at radius 1 is 1.40 bits per heavy atom. The summed E-state index contributed by atoms with van der Waals surface area (Å²) in [6.45, 7) is 0. The molecule has 0 aliphatic rings. The molecule has 0 atom stereocenters. The summed E-state index contributed by atoms with van der Waals surface area (Å²) in [5, 5.41) is 0. The van der Waals surface area contributed by atoms with Crippen molar-refractivity contribution in [2.75, 3.05) is 0 Å². The Hall–Kier alpha value is 1.51. The van der Waals surface area contributed by atoms with Crippen LogP contribution in [0.1, 0.15) is 0 Å². The largest absolute Gasteiger partial charge is 0.313 e. The SMILES string of the molecule is O=C(Cl)Cl.[Ar]. The number of halogens is 2. The molecule has 0 radical (unpaired) electrons. The first-order valence-electron chi connectivity index (χ1n) is 0.582. The van der Waals surface area contributed by atoms with Gasteiger partial charge in [0.25, 0.3) is 0 Å². The van der Waals surface area contributed by atoms with E-state index in [0.29, 0.717) is 0 Å². The molecular weight excluding hydrogens is 139 g/mol. The van der Waals surface area contributed by atoms with Crippen molar-refractivity contribution in [3.8, 4) is 0 Å². The van der Waals surface area contributed by atoms with E-state index >= 15 is 0 Å². The molecule has 4 heteroatoms. The van der Waals surface area contributed by atoms with Crippen molar-refractivity contribution in [2.45, 2.75) is 0 Å². The van der Waals surface area contributed by atoms with E-state index < -0.39 is 4.70 Å². The van der Waals surface area contributed by atoms with Crippen LogP contribution in [0.25, 0.3) is 0 Å². The van der Waals surface area contributed by atoms with Crippen LogP contribution in [0.15, 0.2) is 0 Å². The minimum absolute atomic E-state index is 0. The van der Waals surface area contributed by atoms with Gasteiger partial charge in [-0.3, -0.25) is 4.79 Å². The van der Waals surface area contributed by atoms with Gasteiger partial charge in [0.2, 0.25) is 0 Å².